The first-order valence-corrected chi connectivity index (χ1v) is 6.08. The van der Waals surface area contributed by atoms with Crippen LogP contribution in [0.4, 0.5) is 18.9 Å². The predicted molar refractivity (Wildman–Crippen MR) is 63.4 cm³/mol. The van der Waals surface area contributed by atoms with Gasteiger partial charge < -0.3 is 11.1 Å². The van der Waals surface area contributed by atoms with Crippen molar-refractivity contribution in [3.63, 3.8) is 0 Å². The largest absolute Gasteiger partial charge is 0.418 e. The Bertz CT molecular complexity index is 536. The Hall–Kier alpha value is -1.72. The molecule has 3 N–H and O–H groups in total. The number of rotatable bonds is 2. The molecule has 0 heterocycles. The van der Waals surface area contributed by atoms with Crippen molar-refractivity contribution >= 4 is 11.6 Å². The van der Waals surface area contributed by atoms with E-state index >= 15 is 0 Å². The van der Waals surface area contributed by atoms with E-state index in [1.807, 2.05) is 0 Å². The maximum Gasteiger partial charge on any atom is 0.418 e. The van der Waals surface area contributed by atoms with Crippen molar-refractivity contribution in [2.75, 3.05) is 5.73 Å². The number of anilines is 1. The van der Waals surface area contributed by atoms with Crippen LogP contribution in [0.5, 0.6) is 0 Å². The van der Waals surface area contributed by atoms with E-state index in [1.54, 1.807) is 0 Å². The first-order chi connectivity index (χ1) is 8.79. The van der Waals surface area contributed by atoms with Gasteiger partial charge in [0.2, 0.25) is 0 Å². The van der Waals surface area contributed by atoms with Gasteiger partial charge in [-0.15, -0.1) is 0 Å². The van der Waals surface area contributed by atoms with E-state index < -0.39 is 17.6 Å². The SMILES string of the molecule is Nc1ccc(C(=O)NC23CC(C2)C3)cc1C(F)(F)F. The molecule has 3 aliphatic carbocycles. The summed E-state index contributed by atoms with van der Waals surface area (Å²) in [4.78, 5) is 11.9. The normalized spacial score (nSPS) is 28.3. The van der Waals surface area contributed by atoms with Crippen LogP contribution >= 0.6 is 0 Å². The summed E-state index contributed by atoms with van der Waals surface area (Å²) in [6.07, 6.45) is -1.71. The zero-order valence-corrected chi connectivity index (χ0v) is 10.1. The molecule has 0 saturated heterocycles. The molecule has 2 bridgehead atoms. The van der Waals surface area contributed by atoms with Crippen LogP contribution < -0.4 is 11.1 Å². The molecule has 0 spiro atoms. The quantitative estimate of drug-likeness (QED) is 0.811. The zero-order valence-electron chi connectivity index (χ0n) is 10.1. The minimum Gasteiger partial charge on any atom is -0.398 e. The summed E-state index contributed by atoms with van der Waals surface area (Å²) in [6, 6.07) is 3.27. The minimum atomic E-state index is -4.54. The average molecular weight is 270 g/mol. The number of nitrogens with two attached hydrogens (primary N) is 1. The van der Waals surface area contributed by atoms with Crippen LogP contribution in [-0.4, -0.2) is 11.4 Å². The molecule has 6 heteroatoms. The lowest BCUT2D eigenvalue weighted by atomic mass is 9.50. The molecule has 4 rings (SSSR count). The van der Waals surface area contributed by atoms with Gasteiger partial charge in [-0.2, -0.15) is 13.2 Å². The van der Waals surface area contributed by atoms with Gasteiger partial charge in [0.15, 0.2) is 0 Å². The second kappa shape index (κ2) is 3.65. The third kappa shape index (κ3) is 1.95. The summed E-state index contributed by atoms with van der Waals surface area (Å²) in [5, 5.41) is 2.83. The molecule has 102 valence electrons. The minimum absolute atomic E-state index is 0.00579. The zero-order chi connectivity index (χ0) is 13.8. The van der Waals surface area contributed by atoms with Crippen LogP contribution in [-0.2, 0) is 6.18 Å². The van der Waals surface area contributed by atoms with E-state index in [9.17, 15) is 18.0 Å². The topological polar surface area (TPSA) is 55.1 Å². The Labute approximate surface area is 108 Å². The number of nitrogen functional groups attached to an aromatic ring is 1. The van der Waals surface area contributed by atoms with Crippen LogP contribution in [0.2, 0.25) is 0 Å². The van der Waals surface area contributed by atoms with Gasteiger partial charge in [-0.25, -0.2) is 0 Å². The Morgan fingerprint density at radius 1 is 1.32 bits per heavy atom. The Morgan fingerprint density at radius 2 is 1.95 bits per heavy atom. The summed E-state index contributed by atoms with van der Waals surface area (Å²) in [6.45, 7) is 0. The van der Waals surface area contributed by atoms with Crippen LogP contribution in [0.15, 0.2) is 18.2 Å². The molecule has 0 aliphatic heterocycles. The van der Waals surface area contributed by atoms with E-state index in [0.717, 1.165) is 31.4 Å². The first-order valence-electron chi connectivity index (χ1n) is 6.08. The van der Waals surface area contributed by atoms with Gasteiger partial charge in [-0.1, -0.05) is 0 Å². The van der Waals surface area contributed by atoms with Crippen LogP contribution in [0, 0.1) is 5.92 Å². The van der Waals surface area contributed by atoms with Crippen LogP contribution in [0.3, 0.4) is 0 Å². The molecule has 3 saturated carbocycles. The van der Waals surface area contributed by atoms with E-state index in [4.69, 9.17) is 5.73 Å². The highest BCUT2D eigenvalue weighted by atomic mass is 19.4. The van der Waals surface area contributed by atoms with Gasteiger partial charge in [0, 0.05) is 16.8 Å². The van der Waals surface area contributed by atoms with Gasteiger partial charge in [-0.3, -0.25) is 4.79 Å². The fourth-order valence-corrected chi connectivity index (χ4v) is 2.89. The van der Waals surface area contributed by atoms with Gasteiger partial charge in [0.25, 0.3) is 5.91 Å². The molecule has 3 nitrogen and oxygen atoms in total. The molecule has 0 unspecified atom stereocenters. The number of hydrogen-bond acceptors (Lipinski definition) is 2. The Balaban J connectivity index is 1.82. The highest BCUT2D eigenvalue weighted by Gasteiger charge is 2.57. The maximum absolute atomic E-state index is 12.7. The lowest BCUT2D eigenvalue weighted by Gasteiger charge is -2.61. The summed E-state index contributed by atoms with van der Waals surface area (Å²) < 4.78 is 38.1. The molecule has 0 radical (unpaired) electrons. The number of amides is 1. The monoisotopic (exact) mass is 270 g/mol. The number of carbonyl (C=O) groups is 1. The number of carbonyl (C=O) groups excluding carboxylic acids is 1. The number of halogens is 3. The summed E-state index contributed by atoms with van der Waals surface area (Å²) in [5.41, 5.74) is 3.82. The van der Waals surface area contributed by atoms with Crippen molar-refractivity contribution in [2.45, 2.75) is 31.0 Å². The van der Waals surface area contributed by atoms with Gasteiger partial charge >= 0.3 is 6.18 Å². The number of hydrogen-bond donors (Lipinski definition) is 2. The third-order valence-electron chi connectivity index (χ3n) is 4.04. The number of benzene rings is 1. The van der Waals surface area contributed by atoms with Gasteiger partial charge in [0.1, 0.15) is 0 Å². The number of alkyl halides is 3. The molecular weight excluding hydrogens is 257 g/mol. The molecule has 1 amide bonds. The van der Waals surface area contributed by atoms with Crippen LogP contribution in [0.1, 0.15) is 35.2 Å². The van der Waals surface area contributed by atoms with E-state index in [2.05, 4.69) is 5.32 Å². The second-order valence-corrected chi connectivity index (χ2v) is 5.51. The van der Waals surface area contributed by atoms with Crippen molar-refractivity contribution in [1.29, 1.82) is 0 Å². The van der Waals surface area contributed by atoms with Crippen LogP contribution in [0.25, 0.3) is 0 Å². The molecule has 3 aliphatic rings. The van der Waals surface area contributed by atoms with Crippen molar-refractivity contribution in [1.82, 2.24) is 5.32 Å². The lowest BCUT2D eigenvalue weighted by Crippen LogP contribution is -2.68. The molecular formula is C13H13F3N2O. The Morgan fingerprint density at radius 3 is 2.42 bits per heavy atom. The smallest absolute Gasteiger partial charge is 0.398 e. The van der Waals surface area contributed by atoms with E-state index in [0.29, 0.717) is 5.92 Å². The standard InChI is InChI=1S/C13H13F3N2O/c14-13(15,16)9-3-8(1-2-10(9)17)11(19)18-12-4-7(5-12)6-12/h1-3,7H,4-6,17H2,(H,18,19). The summed E-state index contributed by atoms with van der Waals surface area (Å²) in [5.74, 6) is 0.237. The first kappa shape index (κ1) is 12.3. The number of nitrogens with one attached hydrogen (secondary N) is 1. The van der Waals surface area contributed by atoms with Crippen molar-refractivity contribution in [3.8, 4) is 0 Å². The molecule has 19 heavy (non-hydrogen) atoms. The van der Waals surface area contributed by atoms with E-state index in [-0.39, 0.29) is 16.8 Å². The van der Waals surface area contributed by atoms with Crippen molar-refractivity contribution < 1.29 is 18.0 Å². The van der Waals surface area contributed by atoms with Crippen molar-refractivity contribution in [2.24, 2.45) is 5.92 Å². The summed E-state index contributed by atoms with van der Waals surface area (Å²) in [7, 11) is 0. The highest BCUT2D eigenvalue weighted by molar-refractivity contribution is 5.95. The second-order valence-electron chi connectivity index (χ2n) is 5.51. The Kier molecular flexibility index (Phi) is 2.37. The summed E-state index contributed by atoms with van der Waals surface area (Å²) >= 11 is 0. The lowest BCUT2D eigenvalue weighted by molar-refractivity contribution is -0.136. The molecule has 0 atom stereocenters. The third-order valence-corrected chi connectivity index (χ3v) is 4.04. The molecule has 0 aromatic heterocycles. The van der Waals surface area contributed by atoms with Gasteiger partial charge in [-0.05, 0) is 43.4 Å². The fraction of sp³-hybridized carbons (Fsp3) is 0.462. The van der Waals surface area contributed by atoms with E-state index in [1.165, 1.54) is 6.07 Å². The molecule has 1 aromatic carbocycles. The molecule has 3 fully saturated rings. The highest BCUT2D eigenvalue weighted by Crippen LogP contribution is 2.57. The van der Waals surface area contributed by atoms with Gasteiger partial charge in [0.05, 0.1) is 5.56 Å². The van der Waals surface area contributed by atoms with Crippen molar-refractivity contribution in [3.05, 3.63) is 29.3 Å². The molecule has 1 aromatic rings. The maximum atomic E-state index is 12.7. The predicted octanol–water partition coefficient (Wildman–Crippen LogP) is 2.57. The average Bonchev–Trinajstić information content (AvgIpc) is 2.20. The fourth-order valence-electron chi connectivity index (χ4n) is 2.89.